The molecule has 13 rings (SSSR count). The molecule has 1 heterocycles. The van der Waals surface area contributed by atoms with E-state index in [4.69, 9.17) is 1.37 Å². The highest BCUT2D eigenvalue weighted by Gasteiger charge is 2.50. The second-order valence-electron chi connectivity index (χ2n) is 15.6. The number of fused-ring (bicyclic) bond motifs is 13. The number of hydrogen-bond donors (Lipinski definition) is 0. The molecule has 2 aliphatic carbocycles. The van der Waals surface area contributed by atoms with Crippen LogP contribution in [0.1, 0.15) is 30.5 Å². The molecule has 2 aliphatic rings. The van der Waals surface area contributed by atoms with Crippen molar-refractivity contribution in [1.82, 2.24) is 4.57 Å². The van der Waals surface area contributed by atoms with Gasteiger partial charge in [-0.25, -0.2) is 0 Å². The normalized spacial score (nSPS) is 16.3. The van der Waals surface area contributed by atoms with E-state index in [0.29, 0.717) is 16.5 Å². The third-order valence-electron chi connectivity index (χ3n) is 12.7. The van der Waals surface area contributed by atoms with E-state index < -0.39 is 5.41 Å². The van der Waals surface area contributed by atoms with Crippen LogP contribution in [0.5, 0.6) is 0 Å². The SMILES string of the molecule is [2H]c1c([2H])c2c3c(c([2H])c([2H])c([2H])c3c1[2H])C1(c3ccccc3-c3ccc(N(c4ccc5ccccc5c4)c4ccc5c6ccccc6n(-c6ccccc6)c5c4)cc31)c1ccccc1-2. The minimum Gasteiger partial charge on any atom is -0.310 e. The third-order valence-corrected chi connectivity index (χ3v) is 12.7. The maximum absolute atomic E-state index is 9.87. The minimum absolute atomic E-state index is 0.117. The molecule has 10 aromatic carbocycles. The van der Waals surface area contributed by atoms with Gasteiger partial charge in [-0.2, -0.15) is 0 Å². The van der Waals surface area contributed by atoms with E-state index in [2.05, 4.69) is 155 Å². The first-order chi connectivity index (χ1) is 31.8. The Labute approximate surface area is 350 Å². The molecule has 1 aromatic heterocycles. The first-order valence-electron chi connectivity index (χ1n) is 23.0. The van der Waals surface area contributed by atoms with Crippen LogP contribution in [0.4, 0.5) is 17.1 Å². The summed E-state index contributed by atoms with van der Waals surface area (Å²) in [6.07, 6.45) is 0. The van der Waals surface area contributed by atoms with Crippen LogP contribution in [-0.2, 0) is 5.41 Å². The number of aromatic nitrogens is 1. The third kappa shape index (κ3) is 4.40. The van der Waals surface area contributed by atoms with Crippen LogP contribution >= 0.6 is 0 Å². The van der Waals surface area contributed by atoms with E-state index in [9.17, 15) is 6.85 Å². The molecule has 1 spiro atoms. The van der Waals surface area contributed by atoms with Crippen LogP contribution in [0.2, 0.25) is 0 Å². The van der Waals surface area contributed by atoms with Gasteiger partial charge in [0.15, 0.2) is 0 Å². The molecule has 1 unspecified atom stereocenters. The van der Waals surface area contributed by atoms with Gasteiger partial charge < -0.3 is 9.47 Å². The van der Waals surface area contributed by atoms with E-state index in [0.717, 1.165) is 88.7 Å². The number of anilines is 3. The summed E-state index contributed by atoms with van der Waals surface area (Å²) < 4.78 is 58.1. The zero-order valence-corrected chi connectivity index (χ0v) is 31.7. The summed E-state index contributed by atoms with van der Waals surface area (Å²) in [5.74, 6) is 0. The number of rotatable bonds is 4. The summed E-state index contributed by atoms with van der Waals surface area (Å²) in [7, 11) is 0. The van der Waals surface area contributed by atoms with Gasteiger partial charge in [-0.1, -0.05) is 164 Å². The Morgan fingerprint density at radius 3 is 1.85 bits per heavy atom. The van der Waals surface area contributed by atoms with Crippen molar-refractivity contribution < 1.29 is 8.22 Å². The standard InChI is InChI=1S/C57H36N2/c1-2-18-40(19-3-1)59-54-27-11-8-22-47(54)48-33-31-43(36-55(48)59)58(41-29-28-37-14-4-5-15-39(37)34-41)42-30-32-46-44-20-6-9-24-50(44)57(53(46)35-42)51-25-10-7-21-45(51)49-23-12-16-38-17-13-26-52(57)56(38)49/h1-36H/i12D,13D,16D,17D,23D,26D. The molecule has 0 amide bonds. The van der Waals surface area contributed by atoms with Crippen molar-refractivity contribution in [3.63, 3.8) is 0 Å². The number of benzene rings is 10. The zero-order chi connectivity index (χ0) is 43.9. The van der Waals surface area contributed by atoms with Gasteiger partial charge in [0.05, 0.1) is 24.7 Å². The van der Waals surface area contributed by atoms with Gasteiger partial charge in [0.2, 0.25) is 0 Å². The van der Waals surface area contributed by atoms with Crippen molar-refractivity contribution in [2.45, 2.75) is 5.41 Å². The lowest BCUT2D eigenvalue weighted by Crippen LogP contribution is -2.32. The number of nitrogens with zero attached hydrogens (tertiary/aromatic N) is 2. The van der Waals surface area contributed by atoms with Crippen molar-refractivity contribution in [3.05, 3.63) is 240 Å². The molecule has 0 radical (unpaired) electrons. The maximum Gasteiger partial charge on any atom is 0.0726 e. The Hall–Kier alpha value is -7.68. The van der Waals surface area contributed by atoms with Crippen molar-refractivity contribution >= 4 is 60.4 Å². The van der Waals surface area contributed by atoms with E-state index in [1.165, 1.54) is 0 Å². The maximum atomic E-state index is 9.87. The molecule has 274 valence electrons. The highest BCUT2D eigenvalue weighted by atomic mass is 15.1. The topological polar surface area (TPSA) is 8.17 Å². The van der Waals surface area contributed by atoms with E-state index in [1.807, 2.05) is 36.4 Å². The molecule has 2 nitrogen and oxygen atoms in total. The molecule has 11 aromatic rings. The largest absolute Gasteiger partial charge is 0.310 e. The first kappa shape index (κ1) is 27.0. The molecule has 1 atom stereocenters. The van der Waals surface area contributed by atoms with Gasteiger partial charge >= 0.3 is 0 Å². The van der Waals surface area contributed by atoms with Crippen LogP contribution in [0.15, 0.2) is 218 Å². The molecule has 0 fully saturated rings. The second kappa shape index (κ2) is 12.2. The lowest BCUT2D eigenvalue weighted by atomic mass is 9.61. The smallest absolute Gasteiger partial charge is 0.0726 e. The molecule has 0 bridgehead atoms. The molecule has 59 heavy (non-hydrogen) atoms. The van der Waals surface area contributed by atoms with Gasteiger partial charge in [-0.3, -0.25) is 0 Å². The lowest BCUT2D eigenvalue weighted by Gasteiger charge is -2.40. The molecular formula is C57H36N2. The van der Waals surface area contributed by atoms with Gasteiger partial charge in [-0.05, 0) is 121 Å². The van der Waals surface area contributed by atoms with Crippen LogP contribution in [0, 0.1) is 0 Å². The quantitative estimate of drug-likeness (QED) is 0.174. The van der Waals surface area contributed by atoms with Gasteiger partial charge in [-0.15, -0.1) is 0 Å². The minimum atomic E-state index is -1.18. The molecule has 0 saturated heterocycles. The van der Waals surface area contributed by atoms with Crippen LogP contribution in [-0.4, -0.2) is 4.57 Å². The van der Waals surface area contributed by atoms with Gasteiger partial charge in [0.25, 0.3) is 0 Å². The van der Waals surface area contributed by atoms with Gasteiger partial charge in [0, 0.05) is 33.5 Å². The van der Waals surface area contributed by atoms with Crippen molar-refractivity contribution in [2.75, 3.05) is 4.90 Å². The fraction of sp³-hybridized carbons (Fsp3) is 0.0175. The highest BCUT2D eigenvalue weighted by Crippen LogP contribution is 2.62. The molecule has 2 heteroatoms. The Kier molecular flexibility index (Phi) is 5.57. The van der Waals surface area contributed by atoms with Crippen molar-refractivity contribution in [1.29, 1.82) is 0 Å². The second-order valence-corrected chi connectivity index (χ2v) is 15.6. The van der Waals surface area contributed by atoms with Gasteiger partial charge in [0.1, 0.15) is 0 Å². The Morgan fingerprint density at radius 1 is 0.390 bits per heavy atom. The van der Waals surface area contributed by atoms with E-state index in [1.54, 1.807) is 0 Å². The predicted molar refractivity (Wildman–Crippen MR) is 247 cm³/mol. The average Bonchev–Trinajstić information content (AvgIpc) is 3.83. The van der Waals surface area contributed by atoms with Crippen molar-refractivity contribution in [2.24, 2.45) is 0 Å². The molecule has 0 N–H and O–H groups in total. The van der Waals surface area contributed by atoms with E-state index >= 15 is 0 Å². The number of hydrogen-bond acceptors (Lipinski definition) is 1. The fourth-order valence-electron chi connectivity index (χ4n) is 10.3. The average molecular weight is 755 g/mol. The summed E-state index contributed by atoms with van der Waals surface area (Å²) in [6.45, 7) is 0. The highest BCUT2D eigenvalue weighted by molar-refractivity contribution is 6.11. The Balaban J connectivity index is 1.15. The summed E-state index contributed by atoms with van der Waals surface area (Å²) in [4.78, 5) is 2.30. The monoisotopic (exact) mass is 754 g/mol. The van der Waals surface area contributed by atoms with Crippen LogP contribution in [0.25, 0.3) is 71.3 Å². The summed E-state index contributed by atoms with van der Waals surface area (Å²) in [5, 5.41) is 5.10. The number of para-hydroxylation sites is 2. The summed E-state index contributed by atoms with van der Waals surface area (Å²) in [6, 6.07) is 62.0. The Morgan fingerprint density at radius 2 is 1.00 bits per heavy atom. The van der Waals surface area contributed by atoms with Crippen LogP contribution in [0.3, 0.4) is 0 Å². The summed E-state index contributed by atoms with van der Waals surface area (Å²) >= 11 is 0. The first-order valence-corrected chi connectivity index (χ1v) is 20.0. The molecular weight excluding hydrogens is 713 g/mol. The lowest BCUT2D eigenvalue weighted by molar-refractivity contribution is 0.773. The Bertz CT molecular complexity index is 3870. The predicted octanol–water partition coefficient (Wildman–Crippen LogP) is 14.9. The van der Waals surface area contributed by atoms with Crippen molar-refractivity contribution in [3.8, 4) is 27.9 Å². The molecule has 0 saturated carbocycles. The fourth-order valence-corrected chi connectivity index (χ4v) is 10.3. The van der Waals surface area contributed by atoms with E-state index in [-0.39, 0.29) is 41.6 Å². The summed E-state index contributed by atoms with van der Waals surface area (Å²) in [5.41, 5.74) is 11.1. The molecule has 0 aliphatic heterocycles. The zero-order valence-electron chi connectivity index (χ0n) is 37.7. The van der Waals surface area contributed by atoms with Crippen LogP contribution < -0.4 is 4.90 Å².